The fourth-order valence-corrected chi connectivity index (χ4v) is 2.10. The van der Waals surface area contributed by atoms with E-state index >= 15 is 0 Å². The van der Waals surface area contributed by atoms with Crippen molar-refractivity contribution < 1.29 is 19.1 Å². The minimum absolute atomic E-state index is 0.134. The highest BCUT2D eigenvalue weighted by Gasteiger charge is 2.18. The molecule has 2 rings (SSSR count). The van der Waals surface area contributed by atoms with Gasteiger partial charge < -0.3 is 4.74 Å². The number of carbonyl (C=O) groups excluding carboxylic acids is 3. The Hall–Kier alpha value is -2.86. The number of halogens is 1. The number of hydrazine groups is 1. The third-order valence-electron chi connectivity index (χ3n) is 3.08. The number of benzene rings is 2. The second kappa shape index (κ2) is 8.12. The molecule has 0 aliphatic carbocycles. The Morgan fingerprint density at radius 1 is 0.958 bits per heavy atom. The van der Waals surface area contributed by atoms with Crippen molar-refractivity contribution in [1.29, 1.82) is 0 Å². The van der Waals surface area contributed by atoms with Crippen molar-refractivity contribution in [1.82, 2.24) is 10.9 Å². The minimum atomic E-state index is -0.785. The molecule has 24 heavy (non-hydrogen) atoms. The van der Waals surface area contributed by atoms with E-state index in [9.17, 15) is 14.4 Å². The van der Waals surface area contributed by atoms with Crippen molar-refractivity contribution in [3.63, 3.8) is 0 Å². The average molecular weight is 347 g/mol. The first-order chi connectivity index (χ1) is 11.5. The molecule has 2 N–H and O–H groups in total. The van der Waals surface area contributed by atoms with E-state index in [0.717, 1.165) is 0 Å². The van der Waals surface area contributed by atoms with E-state index < -0.39 is 12.0 Å². The highest BCUT2D eigenvalue weighted by molar-refractivity contribution is 6.30. The SMILES string of the molecule is CCOC(=O)NNC(=O)c1ccccc1C(=O)c1ccc(Cl)cc1. The lowest BCUT2D eigenvalue weighted by atomic mass is 9.98. The minimum Gasteiger partial charge on any atom is -0.449 e. The Balaban J connectivity index is 2.20. The van der Waals surface area contributed by atoms with E-state index in [-0.39, 0.29) is 23.5 Å². The summed E-state index contributed by atoms with van der Waals surface area (Å²) < 4.78 is 4.64. The summed E-state index contributed by atoms with van der Waals surface area (Å²) in [5.41, 5.74) is 5.05. The van der Waals surface area contributed by atoms with Crippen molar-refractivity contribution in [3.05, 3.63) is 70.2 Å². The monoisotopic (exact) mass is 346 g/mol. The standard InChI is InChI=1S/C17H15ClN2O4/c1-2-24-17(23)20-19-16(22)14-6-4-3-5-13(14)15(21)11-7-9-12(18)10-8-11/h3-10H,2H2,1H3,(H,19,22)(H,20,23). The van der Waals surface area contributed by atoms with Crippen LogP contribution in [0.25, 0.3) is 0 Å². The number of hydrogen-bond acceptors (Lipinski definition) is 4. The number of hydrogen-bond donors (Lipinski definition) is 2. The third-order valence-corrected chi connectivity index (χ3v) is 3.33. The normalized spacial score (nSPS) is 9.92. The molecule has 0 aliphatic rings. The van der Waals surface area contributed by atoms with Crippen LogP contribution in [0, 0.1) is 0 Å². The van der Waals surface area contributed by atoms with Crippen molar-refractivity contribution in [2.75, 3.05) is 6.61 Å². The fraction of sp³-hybridized carbons (Fsp3) is 0.118. The van der Waals surface area contributed by atoms with Gasteiger partial charge >= 0.3 is 6.09 Å². The zero-order valence-electron chi connectivity index (χ0n) is 12.8. The summed E-state index contributed by atoms with van der Waals surface area (Å²) in [6.07, 6.45) is -0.785. The van der Waals surface area contributed by atoms with Crippen LogP contribution >= 0.6 is 11.6 Å². The molecule has 0 fully saturated rings. The Kier molecular flexibility index (Phi) is 5.92. The maximum atomic E-state index is 12.6. The highest BCUT2D eigenvalue weighted by Crippen LogP contribution is 2.17. The predicted molar refractivity (Wildman–Crippen MR) is 89.0 cm³/mol. The van der Waals surface area contributed by atoms with Crippen LogP contribution in [-0.2, 0) is 4.74 Å². The molecule has 0 unspecified atom stereocenters. The lowest BCUT2D eigenvalue weighted by Crippen LogP contribution is -2.42. The summed E-state index contributed by atoms with van der Waals surface area (Å²) in [5, 5.41) is 0.510. The van der Waals surface area contributed by atoms with Gasteiger partial charge in [0.1, 0.15) is 0 Å². The summed E-state index contributed by atoms with van der Waals surface area (Å²) in [6, 6.07) is 12.7. The van der Waals surface area contributed by atoms with Gasteiger partial charge in [-0.05, 0) is 37.3 Å². The van der Waals surface area contributed by atoms with Crippen LogP contribution in [0.1, 0.15) is 33.2 Å². The van der Waals surface area contributed by atoms with Crippen LogP contribution in [0.2, 0.25) is 5.02 Å². The predicted octanol–water partition coefficient (Wildman–Crippen LogP) is 2.96. The maximum absolute atomic E-state index is 12.6. The molecular weight excluding hydrogens is 332 g/mol. The average Bonchev–Trinajstić information content (AvgIpc) is 2.60. The largest absolute Gasteiger partial charge is 0.449 e. The van der Waals surface area contributed by atoms with Crippen molar-refractivity contribution in [2.45, 2.75) is 6.92 Å². The quantitative estimate of drug-likeness (QED) is 0.658. The van der Waals surface area contributed by atoms with Crippen LogP contribution < -0.4 is 10.9 Å². The van der Waals surface area contributed by atoms with Crippen LogP contribution in [0.3, 0.4) is 0 Å². The van der Waals surface area contributed by atoms with Crippen LogP contribution in [0.15, 0.2) is 48.5 Å². The van der Waals surface area contributed by atoms with Crippen molar-refractivity contribution in [3.8, 4) is 0 Å². The summed E-state index contributed by atoms with van der Waals surface area (Å²) in [4.78, 5) is 36.0. The molecule has 0 bridgehead atoms. The van der Waals surface area contributed by atoms with Gasteiger partial charge in [0.05, 0.1) is 12.2 Å². The molecule has 2 amide bonds. The number of nitrogens with one attached hydrogen (secondary N) is 2. The molecule has 7 heteroatoms. The van der Waals surface area contributed by atoms with E-state index in [0.29, 0.717) is 10.6 Å². The van der Waals surface area contributed by atoms with Crippen LogP contribution in [-0.4, -0.2) is 24.4 Å². The third kappa shape index (κ3) is 4.33. The van der Waals surface area contributed by atoms with E-state index in [2.05, 4.69) is 15.6 Å². The zero-order valence-corrected chi connectivity index (χ0v) is 13.6. The molecule has 0 radical (unpaired) electrons. The second-order valence-corrected chi connectivity index (χ2v) is 5.12. The number of ketones is 1. The molecule has 2 aromatic carbocycles. The number of ether oxygens (including phenoxy) is 1. The number of rotatable bonds is 4. The van der Waals surface area contributed by atoms with Gasteiger partial charge in [0, 0.05) is 16.1 Å². The maximum Gasteiger partial charge on any atom is 0.426 e. The number of carbonyl (C=O) groups is 3. The van der Waals surface area contributed by atoms with E-state index in [4.69, 9.17) is 11.6 Å². The summed E-state index contributed by atoms with van der Waals surface area (Å²) in [5.74, 6) is -0.950. The molecule has 6 nitrogen and oxygen atoms in total. The molecule has 0 saturated heterocycles. The van der Waals surface area contributed by atoms with Crippen molar-refractivity contribution >= 4 is 29.4 Å². The van der Waals surface area contributed by atoms with E-state index in [1.807, 2.05) is 0 Å². The summed E-state index contributed by atoms with van der Waals surface area (Å²) >= 11 is 5.81. The lowest BCUT2D eigenvalue weighted by Gasteiger charge is -2.10. The highest BCUT2D eigenvalue weighted by atomic mass is 35.5. The van der Waals surface area contributed by atoms with Crippen molar-refractivity contribution in [2.24, 2.45) is 0 Å². The molecular formula is C17H15ClN2O4. The first-order valence-electron chi connectivity index (χ1n) is 7.15. The van der Waals surface area contributed by atoms with Gasteiger partial charge in [-0.25, -0.2) is 10.2 Å². The van der Waals surface area contributed by atoms with Crippen LogP contribution in [0.4, 0.5) is 4.79 Å². The molecule has 0 spiro atoms. The Labute approximate surface area is 143 Å². The molecule has 0 aliphatic heterocycles. The van der Waals surface area contributed by atoms with E-state index in [1.165, 1.54) is 12.1 Å². The summed E-state index contributed by atoms with van der Waals surface area (Å²) in [7, 11) is 0. The van der Waals surface area contributed by atoms with Gasteiger partial charge in [0.15, 0.2) is 5.78 Å². The van der Waals surface area contributed by atoms with Gasteiger partial charge in [0.25, 0.3) is 5.91 Å². The first-order valence-corrected chi connectivity index (χ1v) is 7.53. The molecule has 0 saturated carbocycles. The van der Waals surface area contributed by atoms with Gasteiger partial charge in [-0.1, -0.05) is 29.8 Å². The molecule has 124 valence electrons. The van der Waals surface area contributed by atoms with Gasteiger partial charge in [-0.3, -0.25) is 15.0 Å². The topological polar surface area (TPSA) is 84.5 Å². The second-order valence-electron chi connectivity index (χ2n) is 4.68. The van der Waals surface area contributed by atoms with Gasteiger partial charge in [-0.15, -0.1) is 0 Å². The van der Waals surface area contributed by atoms with Crippen LogP contribution in [0.5, 0.6) is 0 Å². The fourth-order valence-electron chi connectivity index (χ4n) is 1.98. The molecule has 0 heterocycles. The van der Waals surface area contributed by atoms with Gasteiger partial charge in [-0.2, -0.15) is 0 Å². The first kappa shape index (κ1) is 17.5. The Bertz CT molecular complexity index is 759. The lowest BCUT2D eigenvalue weighted by molar-refractivity contribution is 0.0905. The Morgan fingerprint density at radius 3 is 2.21 bits per heavy atom. The zero-order chi connectivity index (χ0) is 17.5. The smallest absolute Gasteiger partial charge is 0.426 e. The van der Waals surface area contributed by atoms with E-state index in [1.54, 1.807) is 43.3 Å². The summed E-state index contributed by atoms with van der Waals surface area (Å²) in [6.45, 7) is 1.81. The molecule has 0 aromatic heterocycles. The molecule has 0 atom stereocenters. The van der Waals surface area contributed by atoms with Gasteiger partial charge in [0.2, 0.25) is 0 Å². The number of amides is 2. The Morgan fingerprint density at radius 2 is 1.58 bits per heavy atom. The molecule has 2 aromatic rings.